The molecule has 0 spiro atoms. The highest BCUT2D eigenvalue weighted by atomic mass is 32.2. The van der Waals surface area contributed by atoms with E-state index in [0.29, 0.717) is 17.4 Å². The molecule has 8 heteroatoms. The van der Waals surface area contributed by atoms with Gasteiger partial charge in [-0.3, -0.25) is 14.4 Å². The number of piperidine rings is 1. The average Bonchev–Trinajstić information content (AvgIpc) is 2.86. The average molecular weight is 499 g/mol. The second kappa shape index (κ2) is 11.9. The lowest BCUT2D eigenvalue weighted by atomic mass is 9.94. The predicted octanol–water partition coefficient (Wildman–Crippen LogP) is 4.82. The van der Waals surface area contributed by atoms with E-state index in [1.165, 1.54) is 51.4 Å². The molecule has 1 saturated heterocycles. The zero-order chi connectivity index (χ0) is 24.7. The van der Waals surface area contributed by atoms with Gasteiger partial charge in [0.15, 0.2) is 0 Å². The van der Waals surface area contributed by atoms with Crippen LogP contribution in [-0.2, 0) is 21.4 Å². The predicted molar refractivity (Wildman–Crippen MR) is 143 cm³/mol. The summed E-state index contributed by atoms with van der Waals surface area (Å²) in [5.74, 6) is -1.18. The molecule has 1 heterocycles. The Bertz CT molecular complexity index is 1080. The molecule has 2 N–H and O–H groups in total. The molecule has 2 aromatic carbocycles. The molecule has 1 saturated carbocycles. The van der Waals surface area contributed by atoms with E-state index in [0.717, 1.165) is 30.9 Å². The Morgan fingerprint density at radius 2 is 1.60 bits per heavy atom. The zero-order valence-electron chi connectivity index (χ0n) is 20.7. The summed E-state index contributed by atoms with van der Waals surface area (Å²) in [6.07, 6.45) is 9.87. The maximum absolute atomic E-state index is 12.7. The van der Waals surface area contributed by atoms with Crippen LogP contribution in [0.15, 0.2) is 48.5 Å². The number of carbonyl (C=O) groups is 1. The van der Waals surface area contributed by atoms with Gasteiger partial charge in [0.2, 0.25) is 15.9 Å². The summed E-state index contributed by atoms with van der Waals surface area (Å²) >= 11 is 0. The van der Waals surface area contributed by atoms with Crippen LogP contribution in [0.5, 0.6) is 0 Å². The summed E-state index contributed by atoms with van der Waals surface area (Å²) in [6, 6.07) is 15.6. The molecule has 0 radical (unpaired) electrons. The molecule has 4 rings (SSSR count). The number of sulfonamides is 1. The fraction of sp³-hybridized carbons (Fsp3) is 0.519. The Morgan fingerprint density at radius 1 is 0.943 bits per heavy atom. The van der Waals surface area contributed by atoms with Crippen LogP contribution in [0, 0.1) is 0 Å². The third-order valence-electron chi connectivity index (χ3n) is 7.09. The first-order valence-corrected chi connectivity index (χ1v) is 14.5. The fourth-order valence-corrected chi connectivity index (χ4v) is 6.15. The first-order valence-electron chi connectivity index (χ1n) is 12.8. The summed E-state index contributed by atoms with van der Waals surface area (Å²) < 4.78 is 27.9. The van der Waals surface area contributed by atoms with Crippen molar-refractivity contribution < 1.29 is 13.2 Å². The van der Waals surface area contributed by atoms with E-state index < -0.39 is 21.7 Å². The van der Waals surface area contributed by atoms with E-state index in [1.54, 1.807) is 12.1 Å². The highest BCUT2D eigenvalue weighted by Crippen LogP contribution is 2.25. The number of hydrogen-bond donors (Lipinski definition) is 2. The van der Waals surface area contributed by atoms with Crippen molar-refractivity contribution >= 4 is 33.0 Å². The normalized spacial score (nSPS) is 17.4. The smallest absolute Gasteiger partial charge is 0.241 e. The van der Waals surface area contributed by atoms with Crippen LogP contribution < -0.4 is 14.9 Å². The molecule has 1 aliphatic heterocycles. The highest BCUT2D eigenvalue weighted by Gasteiger charge is 2.21. The van der Waals surface area contributed by atoms with Crippen LogP contribution in [0.2, 0.25) is 0 Å². The first-order chi connectivity index (χ1) is 16.9. The Hall–Kier alpha value is -2.58. The molecule has 7 nitrogen and oxygen atoms in total. The molecule has 2 aliphatic rings. The van der Waals surface area contributed by atoms with Crippen LogP contribution in [0.25, 0.3) is 0 Å². The fourth-order valence-electron chi connectivity index (χ4n) is 5.17. The molecule has 1 aliphatic carbocycles. The zero-order valence-corrected chi connectivity index (χ0v) is 21.5. The van der Waals surface area contributed by atoms with Crippen LogP contribution in [-0.4, -0.2) is 51.2 Å². The van der Waals surface area contributed by atoms with Gasteiger partial charge in [-0.25, -0.2) is 8.42 Å². The monoisotopic (exact) mass is 498 g/mol. The molecule has 0 unspecified atom stereocenters. The van der Waals surface area contributed by atoms with Crippen LogP contribution >= 0.6 is 0 Å². The summed E-state index contributed by atoms with van der Waals surface area (Å²) in [6.45, 7) is 2.78. The number of rotatable bonds is 9. The summed E-state index contributed by atoms with van der Waals surface area (Å²) in [5, 5.41) is 2.82. The Labute approximate surface area is 209 Å². The summed E-state index contributed by atoms with van der Waals surface area (Å²) in [5.41, 5.74) is 3.22. The molecule has 2 aromatic rings. The minimum absolute atomic E-state index is 0.466. The van der Waals surface area contributed by atoms with Gasteiger partial charge >= 0.3 is 0 Å². The van der Waals surface area contributed by atoms with Crippen molar-refractivity contribution in [3.63, 3.8) is 0 Å². The summed E-state index contributed by atoms with van der Waals surface area (Å²) in [7, 11) is -1.71. The molecule has 0 bridgehead atoms. The number of benzene rings is 2. The first kappa shape index (κ1) is 25.5. The van der Waals surface area contributed by atoms with Gasteiger partial charge in [-0.1, -0.05) is 37.5 Å². The maximum Gasteiger partial charge on any atom is 0.241 e. The third kappa shape index (κ3) is 7.45. The Morgan fingerprint density at radius 3 is 2.31 bits per heavy atom. The lowest BCUT2D eigenvalue weighted by Gasteiger charge is -2.31. The van der Waals surface area contributed by atoms with E-state index in [2.05, 4.69) is 26.9 Å². The molecule has 2 fully saturated rings. The second-order valence-corrected chi connectivity index (χ2v) is 11.6. The highest BCUT2D eigenvalue weighted by molar-refractivity contribution is 7.93. The van der Waals surface area contributed by atoms with Gasteiger partial charge in [0.25, 0.3) is 0 Å². The van der Waals surface area contributed by atoms with Crippen LogP contribution in [0.3, 0.4) is 0 Å². The van der Waals surface area contributed by atoms with Gasteiger partial charge in [0.1, 0.15) is 5.75 Å². The number of hydrogen-bond acceptors (Lipinski definition) is 5. The number of amides is 1. The Balaban J connectivity index is 1.33. The van der Waals surface area contributed by atoms with Gasteiger partial charge in [-0.05, 0) is 75.0 Å². The van der Waals surface area contributed by atoms with Crippen molar-refractivity contribution in [3.8, 4) is 0 Å². The molecule has 190 valence electrons. The molecular weight excluding hydrogens is 460 g/mol. The quantitative estimate of drug-likeness (QED) is 0.518. The number of para-hydroxylation sites is 1. The SMILES string of the molecule is CN(Cc1ccccc1NC(=O)CS(=O)(=O)Nc1ccc(N2CCCCC2)cc1)C1CCCCC1. The lowest BCUT2D eigenvalue weighted by Crippen LogP contribution is -2.33. The van der Waals surface area contributed by atoms with Gasteiger partial charge in [0.05, 0.1) is 0 Å². The Kier molecular flexibility index (Phi) is 8.68. The van der Waals surface area contributed by atoms with Crippen molar-refractivity contribution in [2.75, 3.05) is 40.8 Å². The van der Waals surface area contributed by atoms with E-state index >= 15 is 0 Å². The maximum atomic E-state index is 12.7. The van der Waals surface area contributed by atoms with E-state index in [-0.39, 0.29) is 0 Å². The number of nitrogens with one attached hydrogen (secondary N) is 2. The third-order valence-corrected chi connectivity index (χ3v) is 8.28. The van der Waals surface area contributed by atoms with E-state index in [1.807, 2.05) is 36.4 Å². The van der Waals surface area contributed by atoms with Gasteiger partial charge < -0.3 is 10.2 Å². The number of anilines is 3. The van der Waals surface area contributed by atoms with Gasteiger partial charge in [0, 0.05) is 42.7 Å². The van der Waals surface area contributed by atoms with Crippen molar-refractivity contribution in [1.82, 2.24) is 4.90 Å². The van der Waals surface area contributed by atoms with E-state index in [9.17, 15) is 13.2 Å². The molecule has 0 atom stereocenters. The summed E-state index contributed by atoms with van der Waals surface area (Å²) in [4.78, 5) is 17.3. The molecule has 1 amide bonds. The van der Waals surface area contributed by atoms with Gasteiger partial charge in [-0.2, -0.15) is 0 Å². The number of carbonyl (C=O) groups excluding carboxylic acids is 1. The van der Waals surface area contributed by atoms with Gasteiger partial charge in [-0.15, -0.1) is 0 Å². The second-order valence-electron chi connectivity index (χ2n) is 9.87. The molecule has 35 heavy (non-hydrogen) atoms. The largest absolute Gasteiger partial charge is 0.372 e. The lowest BCUT2D eigenvalue weighted by molar-refractivity contribution is -0.113. The topological polar surface area (TPSA) is 81.8 Å². The number of nitrogens with zero attached hydrogens (tertiary/aromatic N) is 2. The van der Waals surface area contributed by atoms with Crippen molar-refractivity contribution in [2.45, 2.75) is 64.0 Å². The minimum atomic E-state index is -3.83. The molecular formula is C27H38N4O3S. The van der Waals surface area contributed by atoms with Crippen LogP contribution in [0.4, 0.5) is 17.1 Å². The van der Waals surface area contributed by atoms with Crippen molar-refractivity contribution in [3.05, 3.63) is 54.1 Å². The molecule has 0 aromatic heterocycles. The van der Waals surface area contributed by atoms with Crippen molar-refractivity contribution in [1.29, 1.82) is 0 Å². The standard InChI is InChI=1S/C27H38N4O3S/c1-30(24-11-4-2-5-12-24)20-22-10-6-7-13-26(22)28-27(32)21-35(33,34)29-23-14-16-25(17-15-23)31-18-8-3-9-19-31/h6-7,10,13-17,24,29H,2-5,8-9,11-12,18-21H2,1H3,(H,28,32). The van der Waals surface area contributed by atoms with Crippen LogP contribution in [0.1, 0.15) is 56.9 Å². The van der Waals surface area contributed by atoms with E-state index in [4.69, 9.17) is 0 Å². The van der Waals surface area contributed by atoms with Crippen molar-refractivity contribution in [2.24, 2.45) is 0 Å². The minimum Gasteiger partial charge on any atom is -0.372 e.